The average Bonchev–Trinajstić information content (AvgIpc) is 3.43. The third kappa shape index (κ3) is 6.38. The molecule has 4 aliphatic rings. The van der Waals surface area contributed by atoms with E-state index in [1.807, 2.05) is 13.8 Å². The van der Waals surface area contributed by atoms with Gasteiger partial charge in [0.05, 0.1) is 18.3 Å². The topological polar surface area (TPSA) is 151 Å². The summed E-state index contributed by atoms with van der Waals surface area (Å²) in [5.41, 5.74) is -4.71. The highest BCUT2D eigenvalue weighted by Gasteiger charge is 2.85. The quantitative estimate of drug-likeness (QED) is 0.0727. The summed E-state index contributed by atoms with van der Waals surface area (Å²) in [5, 5.41) is 44.8. The maximum absolute atomic E-state index is 13.2. The van der Waals surface area contributed by atoms with Gasteiger partial charge in [-0.1, -0.05) is 89.7 Å². The van der Waals surface area contributed by atoms with Gasteiger partial charge in [0.2, 0.25) is 0 Å². The van der Waals surface area contributed by atoms with Gasteiger partial charge in [-0.25, -0.2) is 4.79 Å². The molecule has 0 bridgehead atoms. The van der Waals surface area contributed by atoms with E-state index in [0.717, 1.165) is 12.8 Å². The number of aliphatic hydroxyl groups excluding tert-OH is 2. The third-order valence-electron chi connectivity index (χ3n) is 11.0. The first-order valence-corrected chi connectivity index (χ1v) is 16.6. The maximum Gasteiger partial charge on any atom is 0.331 e. The molecule has 0 heterocycles. The molecular formula is C36H52O9. The largest absolute Gasteiger partial charge is 0.465 e. The van der Waals surface area contributed by atoms with Crippen molar-refractivity contribution in [1.82, 2.24) is 0 Å². The van der Waals surface area contributed by atoms with Crippen molar-refractivity contribution in [2.24, 2.45) is 29.1 Å². The van der Waals surface area contributed by atoms with Crippen molar-refractivity contribution >= 4 is 17.7 Å². The molecule has 0 saturated heterocycles. The van der Waals surface area contributed by atoms with Gasteiger partial charge in [0.15, 0.2) is 5.78 Å². The van der Waals surface area contributed by atoms with Crippen LogP contribution >= 0.6 is 0 Å². The van der Waals surface area contributed by atoms with Gasteiger partial charge in [0.25, 0.3) is 0 Å². The Morgan fingerprint density at radius 3 is 2.47 bits per heavy atom. The van der Waals surface area contributed by atoms with E-state index in [4.69, 9.17) is 9.47 Å². The summed E-state index contributed by atoms with van der Waals surface area (Å²) in [4.78, 5) is 38.3. The molecule has 2 saturated carbocycles. The van der Waals surface area contributed by atoms with Crippen molar-refractivity contribution in [2.75, 3.05) is 13.2 Å². The fourth-order valence-corrected chi connectivity index (χ4v) is 8.64. The summed E-state index contributed by atoms with van der Waals surface area (Å²) < 4.78 is 11.7. The van der Waals surface area contributed by atoms with Crippen LogP contribution in [0.4, 0.5) is 0 Å². The molecule has 4 aliphatic carbocycles. The predicted octanol–water partition coefficient (Wildman–Crippen LogP) is 4.28. The normalized spacial score (nSPS) is 37.8. The number of hydrogen-bond acceptors (Lipinski definition) is 9. The summed E-state index contributed by atoms with van der Waals surface area (Å²) in [6.07, 6.45) is 16.4. The SMILES string of the molecule is CCCCCCCCC(O)C=CC=CC(=O)OC12CC(C)C3(O)C(C=C(CO)CC4(O)C(=O)C(C)=CC43)C1C2(C)COC(C)=O. The number of carbonyl (C=O) groups is 3. The summed E-state index contributed by atoms with van der Waals surface area (Å²) in [5.74, 6) is -4.29. The Balaban J connectivity index is 1.55. The molecule has 250 valence electrons. The molecule has 9 unspecified atom stereocenters. The Hall–Kier alpha value is -2.59. The smallest absolute Gasteiger partial charge is 0.331 e. The number of ketones is 1. The zero-order chi connectivity index (χ0) is 33.2. The zero-order valence-electron chi connectivity index (χ0n) is 27.5. The number of fused-ring (bicyclic) bond motifs is 5. The summed E-state index contributed by atoms with van der Waals surface area (Å²) in [6, 6.07) is 0. The molecule has 45 heavy (non-hydrogen) atoms. The highest BCUT2D eigenvalue weighted by atomic mass is 16.6. The van der Waals surface area contributed by atoms with Crippen LogP contribution in [0.2, 0.25) is 0 Å². The van der Waals surface area contributed by atoms with Gasteiger partial charge in [0, 0.05) is 42.6 Å². The number of Topliss-reactive ketones (excluding diaryl/α,β-unsaturated/α-hetero) is 1. The molecule has 0 aromatic heterocycles. The highest BCUT2D eigenvalue weighted by Crippen LogP contribution is 2.76. The molecule has 0 aromatic carbocycles. The molecule has 9 nitrogen and oxygen atoms in total. The van der Waals surface area contributed by atoms with Gasteiger partial charge in [-0.3, -0.25) is 9.59 Å². The Kier molecular flexibility index (Phi) is 10.7. The Labute approximate surface area is 267 Å². The first-order chi connectivity index (χ1) is 21.2. The van der Waals surface area contributed by atoms with Crippen molar-refractivity contribution in [2.45, 2.75) is 115 Å². The van der Waals surface area contributed by atoms with E-state index in [-0.39, 0.29) is 19.4 Å². The molecular weight excluding hydrogens is 576 g/mol. The van der Waals surface area contributed by atoms with Crippen molar-refractivity contribution in [3.8, 4) is 0 Å². The van der Waals surface area contributed by atoms with Crippen LogP contribution in [0, 0.1) is 29.1 Å². The van der Waals surface area contributed by atoms with Gasteiger partial charge in [0.1, 0.15) is 17.8 Å². The molecule has 0 amide bonds. The molecule has 0 radical (unpaired) electrons. The lowest BCUT2D eigenvalue weighted by molar-refractivity contribution is -0.185. The maximum atomic E-state index is 13.2. The van der Waals surface area contributed by atoms with Crippen LogP contribution in [-0.4, -0.2) is 74.3 Å². The number of carbonyl (C=O) groups excluding carboxylic acids is 3. The minimum atomic E-state index is -1.90. The van der Waals surface area contributed by atoms with Gasteiger partial charge in [-0.05, 0) is 36.8 Å². The molecule has 2 fully saturated rings. The number of aliphatic hydroxyl groups is 4. The minimum Gasteiger partial charge on any atom is -0.465 e. The van der Waals surface area contributed by atoms with Gasteiger partial charge < -0.3 is 29.9 Å². The van der Waals surface area contributed by atoms with Crippen LogP contribution in [0.1, 0.15) is 92.4 Å². The van der Waals surface area contributed by atoms with E-state index in [2.05, 4.69) is 6.92 Å². The van der Waals surface area contributed by atoms with Crippen molar-refractivity contribution < 1.29 is 44.3 Å². The first-order valence-electron chi connectivity index (χ1n) is 16.6. The van der Waals surface area contributed by atoms with Crippen LogP contribution in [0.3, 0.4) is 0 Å². The summed E-state index contributed by atoms with van der Waals surface area (Å²) in [6.45, 7) is 8.30. The molecule has 0 aliphatic heterocycles. The molecule has 0 spiro atoms. The van der Waals surface area contributed by atoms with E-state index in [1.165, 1.54) is 44.8 Å². The van der Waals surface area contributed by atoms with E-state index >= 15 is 0 Å². The van der Waals surface area contributed by atoms with Gasteiger partial charge >= 0.3 is 11.9 Å². The number of hydrogen-bond donors (Lipinski definition) is 4. The van der Waals surface area contributed by atoms with Crippen LogP contribution < -0.4 is 0 Å². The fraction of sp³-hybridized carbons (Fsp3) is 0.694. The lowest BCUT2D eigenvalue weighted by Crippen LogP contribution is -2.61. The van der Waals surface area contributed by atoms with Crippen molar-refractivity contribution in [3.05, 3.63) is 47.6 Å². The summed E-state index contributed by atoms with van der Waals surface area (Å²) in [7, 11) is 0. The predicted molar refractivity (Wildman–Crippen MR) is 169 cm³/mol. The van der Waals surface area contributed by atoms with Crippen molar-refractivity contribution in [3.63, 3.8) is 0 Å². The number of esters is 2. The van der Waals surface area contributed by atoms with E-state index < -0.39 is 76.3 Å². The molecule has 4 rings (SSSR count). The van der Waals surface area contributed by atoms with Crippen LogP contribution in [0.25, 0.3) is 0 Å². The zero-order valence-corrected chi connectivity index (χ0v) is 27.5. The fourth-order valence-electron chi connectivity index (χ4n) is 8.64. The minimum absolute atomic E-state index is 0.0567. The van der Waals surface area contributed by atoms with Crippen LogP contribution in [0.15, 0.2) is 47.6 Å². The second-order valence-corrected chi connectivity index (χ2v) is 14.1. The molecule has 0 aromatic rings. The molecule has 9 heteroatoms. The first kappa shape index (κ1) is 35.3. The van der Waals surface area contributed by atoms with Crippen LogP contribution in [0.5, 0.6) is 0 Å². The number of rotatable bonds is 14. The van der Waals surface area contributed by atoms with Gasteiger partial charge in [-0.15, -0.1) is 0 Å². The van der Waals surface area contributed by atoms with E-state index in [1.54, 1.807) is 31.2 Å². The highest BCUT2D eigenvalue weighted by molar-refractivity contribution is 6.04. The van der Waals surface area contributed by atoms with E-state index in [0.29, 0.717) is 17.6 Å². The lowest BCUT2D eigenvalue weighted by Gasteiger charge is -2.50. The monoisotopic (exact) mass is 628 g/mol. The summed E-state index contributed by atoms with van der Waals surface area (Å²) >= 11 is 0. The van der Waals surface area contributed by atoms with Crippen LogP contribution in [-0.2, 0) is 23.9 Å². The average molecular weight is 629 g/mol. The third-order valence-corrected chi connectivity index (χ3v) is 11.0. The van der Waals surface area contributed by atoms with Crippen molar-refractivity contribution in [1.29, 1.82) is 0 Å². The molecule has 4 N–H and O–H groups in total. The standard InChI is InChI=1S/C36H52O9/c1-6-7-8-9-10-11-14-27(39)15-12-13-16-30(40)45-35-19-24(3)36(43)28(31(35)33(35,5)22-44-25(4)38)18-26(21-37)20-34(42)29(36)17-23(2)32(34)41/h12-13,15-18,24,27-29,31,37,39,42-43H,6-11,14,19-22H2,1-5H3. The number of ether oxygens (including phenoxy) is 2. The molecule has 9 atom stereocenters. The Morgan fingerprint density at radius 1 is 1.11 bits per heavy atom. The second kappa shape index (κ2) is 13.6. The Bertz CT molecular complexity index is 1260. The number of unbranched alkanes of at least 4 members (excludes halogenated alkanes) is 5. The van der Waals surface area contributed by atoms with Gasteiger partial charge in [-0.2, -0.15) is 0 Å². The Morgan fingerprint density at radius 2 is 1.80 bits per heavy atom. The number of allylic oxidation sites excluding steroid dienone is 2. The van der Waals surface area contributed by atoms with E-state index in [9.17, 15) is 34.8 Å². The lowest BCUT2D eigenvalue weighted by atomic mass is 9.60. The second-order valence-electron chi connectivity index (χ2n) is 14.1.